The number of aromatic nitrogens is 2. The van der Waals surface area contributed by atoms with Crippen molar-refractivity contribution < 1.29 is 4.74 Å². The summed E-state index contributed by atoms with van der Waals surface area (Å²) in [7, 11) is 1.68. The maximum absolute atomic E-state index is 5.48. The standard InChI is InChI=1S/C15H19N3O/c1-5-16-14-7-6-13(17-18-14)12-9-10(2)8-11(3)15(12)19-4/h6-9H,5H2,1-4H3,(H,16,18). The molecule has 0 radical (unpaired) electrons. The lowest BCUT2D eigenvalue weighted by Crippen LogP contribution is -2.01. The molecule has 0 atom stereocenters. The molecular formula is C15H19N3O. The van der Waals surface area contributed by atoms with Crippen molar-refractivity contribution in [1.29, 1.82) is 0 Å². The Balaban J connectivity index is 2.45. The number of hydrogen-bond acceptors (Lipinski definition) is 4. The number of benzene rings is 1. The summed E-state index contributed by atoms with van der Waals surface area (Å²) in [6.07, 6.45) is 0. The molecule has 0 saturated carbocycles. The van der Waals surface area contributed by atoms with Crippen LogP contribution in [0.2, 0.25) is 0 Å². The number of aryl methyl sites for hydroxylation is 2. The van der Waals surface area contributed by atoms with Crippen molar-refractivity contribution in [1.82, 2.24) is 10.2 Å². The van der Waals surface area contributed by atoms with Crippen LogP contribution in [-0.2, 0) is 0 Å². The average Bonchev–Trinajstić information content (AvgIpc) is 2.39. The zero-order valence-corrected chi connectivity index (χ0v) is 11.8. The topological polar surface area (TPSA) is 47.0 Å². The summed E-state index contributed by atoms with van der Waals surface area (Å²) >= 11 is 0. The maximum Gasteiger partial charge on any atom is 0.148 e. The van der Waals surface area contributed by atoms with E-state index in [2.05, 4.69) is 34.6 Å². The van der Waals surface area contributed by atoms with Crippen molar-refractivity contribution in [3.05, 3.63) is 35.4 Å². The molecule has 2 aromatic rings. The molecule has 1 aromatic heterocycles. The van der Waals surface area contributed by atoms with Gasteiger partial charge in [0, 0.05) is 12.1 Å². The van der Waals surface area contributed by atoms with Crippen molar-refractivity contribution in [2.75, 3.05) is 19.0 Å². The first-order chi connectivity index (χ1) is 9.15. The molecule has 0 amide bonds. The normalized spacial score (nSPS) is 10.3. The highest BCUT2D eigenvalue weighted by atomic mass is 16.5. The van der Waals surface area contributed by atoms with Crippen LogP contribution < -0.4 is 10.1 Å². The molecule has 0 saturated heterocycles. The van der Waals surface area contributed by atoms with E-state index < -0.39 is 0 Å². The van der Waals surface area contributed by atoms with E-state index in [0.717, 1.165) is 34.9 Å². The van der Waals surface area contributed by atoms with Crippen LogP contribution in [0, 0.1) is 13.8 Å². The van der Waals surface area contributed by atoms with Gasteiger partial charge in [-0.2, -0.15) is 0 Å². The molecule has 19 heavy (non-hydrogen) atoms. The van der Waals surface area contributed by atoms with Crippen LogP contribution in [-0.4, -0.2) is 23.9 Å². The molecule has 0 aliphatic heterocycles. The van der Waals surface area contributed by atoms with Crippen LogP contribution in [0.15, 0.2) is 24.3 Å². The predicted molar refractivity (Wildman–Crippen MR) is 77.7 cm³/mol. The summed E-state index contributed by atoms with van der Waals surface area (Å²) in [5, 5.41) is 11.6. The van der Waals surface area contributed by atoms with Gasteiger partial charge in [0.2, 0.25) is 0 Å². The van der Waals surface area contributed by atoms with Gasteiger partial charge in [0.05, 0.1) is 12.8 Å². The van der Waals surface area contributed by atoms with E-state index in [4.69, 9.17) is 4.74 Å². The van der Waals surface area contributed by atoms with Crippen molar-refractivity contribution in [2.45, 2.75) is 20.8 Å². The molecule has 2 rings (SSSR count). The number of ether oxygens (including phenoxy) is 1. The van der Waals surface area contributed by atoms with Crippen molar-refractivity contribution in [3.8, 4) is 17.0 Å². The lowest BCUT2D eigenvalue weighted by Gasteiger charge is -2.12. The number of nitrogens with one attached hydrogen (secondary N) is 1. The lowest BCUT2D eigenvalue weighted by molar-refractivity contribution is 0.413. The van der Waals surface area contributed by atoms with Gasteiger partial charge in [-0.3, -0.25) is 0 Å². The molecule has 0 unspecified atom stereocenters. The minimum atomic E-state index is 0.787. The molecule has 1 N–H and O–H groups in total. The molecule has 0 spiro atoms. The van der Waals surface area contributed by atoms with Crippen molar-refractivity contribution >= 4 is 5.82 Å². The summed E-state index contributed by atoms with van der Waals surface area (Å²) in [6.45, 7) is 6.97. The van der Waals surface area contributed by atoms with Gasteiger partial charge in [-0.05, 0) is 50.1 Å². The predicted octanol–water partition coefficient (Wildman–Crippen LogP) is 3.20. The van der Waals surface area contributed by atoms with E-state index in [-0.39, 0.29) is 0 Å². The largest absolute Gasteiger partial charge is 0.496 e. The molecular weight excluding hydrogens is 238 g/mol. The second-order valence-electron chi connectivity index (χ2n) is 4.50. The smallest absolute Gasteiger partial charge is 0.148 e. The number of nitrogens with zero attached hydrogens (tertiary/aromatic N) is 2. The molecule has 4 heteroatoms. The second-order valence-corrected chi connectivity index (χ2v) is 4.50. The Labute approximate surface area is 113 Å². The van der Waals surface area contributed by atoms with E-state index in [1.807, 2.05) is 26.0 Å². The summed E-state index contributed by atoms with van der Waals surface area (Å²) in [5.74, 6) is 1.64. The third-order valence-corrected chi connectivity index (χ3v) is 2.92. The van der Waals surface area contributed by atoms with Crippen LogP contribution in [0.5, 0.6) is 5.75 Å². The molecule has 0 aliphatic carbocycles. The molecule has 1 heterocycles. The van der Waals surface area contributed by atoms with E-state index >= 15 is 0 Å². The number of rotatable bonds is 4. The molecule has 100 valence electrons. The summed E-state index contributed by atoms with van der Waals surface area (Å²) < 4.78 is 5.48. The Morgan fingerprint density at radius 3 is 2.53 bits per heavy atom. The van der Waals surface area contributed by atoms with Gasteiger partial charge in [0.1, 0.15) is 11.6 Å². The zero-order valence-electron chi connectivity index (χ0n) is 11.8. The SMILES string of the molecule is CCNc1ccc(-c2cc(C)cc(C)c2OC)nn1. The van der Waals surface area contributed by atoms with Crippen LogP contribution >= 0.6 is 0 Å². The fourth-order valence-corrected chi connectivity index (χ4v) is 2.17. The van der Waals surface area contributed by atoms with Crippen molar-refractivity contribution in [3.63, 3.8) is 0 Å². The average molecular weight is 257 g/mol. The first kappa shape index (κ1) is 13.3. The third kappa shape index (κ3) is 2.84. The van der Waals surface area contributed by atoms with E-state index in [9.17, 15) is 0 Å². The maximum atomic E-state index is 5.48. The van der Waals surface area contributed by atoms with Gasteiger partial charge < -0.3 is 10.1 Å². The van der Waals surface area contributed by atoms with Crippen LogP contribution in [0.1, 0.15) is 18.1 Å². The zero-order chi connectivity index (χ0) is 13.8. The number of hydrogen-bond donors (Lipinski definition) is 1. The monoisotopic (exact) mass is 257 g/mol. The second kappa shape index (κ2) is 5.69. The lowest BCUT2D eigenvalue weighted by atomic mass is 10.0. The van der Waals surface area contributed by atoms with Crippen LogP contribution in [0.3, 0.4) is 0 Å². The third-order valence-electron chi connectivity index (χ3n) is 2.92. The van der Waals surface area contributed by atoms with Crippen LogP contribution in [0.4, 0.5) is 5.82 Å². The minimum Gasteiger partial charge on any atom is -0.496 e. The Morgan fingerprint density at radius 1 is 1.16 bits per heavy atom. The summed E-state index contributed by atoms with van der Waals surface area (Å²) in [6, 6.07) is 8.07. The molecule has 0 bridgehead atoms. The van der Waals surface area contributed by atoms with Gasteiger partial charge >= 0.3 is 0 Å². The summed E-state index contributed by atoms with van der Waals surface area (Å²) in [4.78, 5) is 0. The molecule has 0 fully saturated rings. The van der Waals surface area contributed by atoms with Gasteiger partial charge in [-0.1, -0.05) is 6.07 Å². The Morgan fingerprint density at radius 2 is 1.95 bits per heavy atom. The Bertz CT molecular complexity index is 564. The van der Waals surface area contributed by atoms with Gasteiger partial charge in [-0.15, -0.1) is 10.2 Å². The van der Waals surface area contributed by atoms with Gasteiger partial charge in [0.25, 0.3) is 0 Å². The first-order valence-electron chi connectivity index (χ1n) is 6.39. The van der Waals surface area contributed by atoms with E-state index in [0.29, 0.717) is 0 Å². The minimum absolute atomic E-state index is 0.787. The Hall–Kier alpha value is -2.10. The van der Waals surface area contributed by atoms with Crippen LogP contribution in [0.25, 0.3) is 11.3 Å². The fraction of sp³-hybridized carbons (Fsp3) is 0.333. The Kier molecular flexibility index (Phi) is 4.00. The van der Waals surface area contributed by atoms with E-state index in [1.54, 1.807) is 7.11 Å². The molecule has 1 aromatic carbocycles. The quantitative estimate of drug-likeness (QED) is 0.913. The van der Waals surface area contributed by atoms with E-state index in [1.165, 1.54) is 5.56 Å². The highest BCUT2D eigenvalue weighted by molar-refractivity contribution is 5.70. The van der Waals surface area contributed by atoms with Gasteiger partial charge in [0.15, 0.2) is 0 Å². The molecule has 4 nitrogen and oxygen atoms in total. The fourth-order valence-electron chi connectivity index (χ4n) is 2.17. The highest BCUT2D eigenvalue weighted by Crippen LogP contribution is 2.32. The molecule has 0 aliphatic rings. The van der Waals surface area contributed by atoms with Gasteiger partial charge in [-0.25, -0.2) is 0 Å². The summed E-state index contributed by atoms with van der Waals surface area (Å²) in [5.41, 5.74) is 4.10. The number of methoxy groups -OCH3 is 1. The first-order valence-corrected chi connectivity index (χ1v) is 6.39. The highest BCUT2D eigenvalue weighted by Gasteiger charge is 2.11. The van der Waals surface area contributed by atoms with Crippen molar-refractivity contribution in [2.24, 2.45) is 0 Å². The number of anilines is 1.